The third kappa shape index (κ3) is 34.7. The van der Waals surface area contributed by atoms with Gasteiger partial charge in [0.15, 0.2) is 0 Å². The maximum Gasteiger partial charge on any atom is 0.305 e. The van der Waals surface area contributed by atoms with Crippen LogP contribution in [0.5, 0.6) is 0 Å². The average Bonchev–Trinajstić information content (AvgIpc) is 3.13. The van der Waals surface area contributed by atoms with E-state index in [9.17, 15) is 19.5 Å². The lowest BCUT2D eigenvalue weighted by Crippen LogP contribution is -2.48. The number of carbonyl (C=O) groups is 3. The predicted octanol–water partition coefficient (Wildman–Crippen LogP) is 10.3. The molecule has 0 aliphatic heterocycles. The highest BCUT2D eigenvalue weighted by atomic mass is 16.5. The molecule has 0 fully saturated rings. The van der Waals surface area contributed by atoms with E-state index in [2.05, 4.69) is 38.2 Å². The average molecular weight is 721 g/mol. The summed E-state index contributed by atoms with van der Waals surface area (Å²) in [4.78, 5) is 38.5. The largest absolute Gasteiger partial charge is 0.464 e. The van der Waals surface area contributed by atoms with Gasteiger partial charge in [0.05, 0.1) is 19.7 Å². The quantitative estimate of drug-likeness (QED) is 0.0370. The summed E-state index contributed by atoms with van der Waals surface area (Å²) in [5.41, 5.74) is 5.76. The predicted molar refractivity (Wildman–Crippen MR) is 212 cm³/mol. The lowest BCUT2D eigenvalue weighted by Gasteiger charge is -2.24. The van der Waals surface area contributed by atoms with Crippen LogP contribution in [0.3, 0.4) is 0 Å². The molecule has 0 saturated carbocycles. The first-order valence-electron chi connectivity index (χ1n) is 21.2. The molecule has 0 aromatic carbocycles. The molecule has 8 heteroatoms. The number of aliphatic hydroxyl groups is 1. The summed E-state index contributed by atoms with van der Waals surface area (Å²) in [6.45, 7) is 4.37. The fourth-order valence-electron chi connectivity index (χ4n) is 6.01. The number of allylic oxidation sites excluding steroid dienone is 4. The summed E-state index contributed by atoms with van der Waals surface area (Å²) in [7, 11) is 0. The highest BCUT2D eigenvalue weighted by Crippen LogP contribution is 2.12. The Balaban J connectivity index is 3.94. The van der Waals surface area contributed by atoms with Gasteiger partial charge in [0.1, 0.15) is 19.3 Å². The summed E-state index contributed by atoms with van der Waals surface area (Å²) in [6, 6.07) is -1.07. The Morgan fingerprint density at radius 2 is 0.843 bits per heavy atom. The highest BCUT2D eigenvalue weighted by molar-refractivity contribution is 5.81. The van der Waals surface area contributed by atoms with Gasteiger partial charge in [-0.05, 0) is 64.2 Å². The Bertz CT molecular complexity index is 803. The second-order valence-corrected chi connectivity index (χ2v) is 14.2. The molecule has 0 heterocycles. The van der Waals surface area contributed by atoms with Crippen LogP contribution in [-0.2, 0) is 23.9 Å². The number of rotatable bonds is 38. The molecule has 0 rings (SSSR count). The molecule has 0 aliphatic carbocycles. The molecule has 0 aliphatic rings. The topological polar surface area (TPSA) is 119 Å². The summed E-state index contributed by atoms with van der Waals surface area (Å²) < 4.78 is 10.7. The second kappa shape index (κ2) is 39.0. The van der Waals surface area contributed by atoms with Crippen LogP contribution in [0, 0.1) is 0 Å². The van der Waals surface area contributed by atoms with Gasteiger partial charge in [-0.1, -0.05) is 141 Å². The van der Waals surface area contributed by atoms with E-state index in [1.807, 2.05) is 0 Å². The van der Waals surface area contributed by atoms with Crippen molar-refractivity contribution in [2.24, 2.45) is 5.73 Å². The van der Waals surface area contributed by atoms with Crippen LogP contribution in [0.4, 0.5) is 0 Å². The van der Waals surface area contributed by atoms with E-state index in [-0.39, 0.29) is 38.2 Å². The second-order valence-electron chi connectivity index (χ2n) is 14.2. The number of amides is 1. The van der Waals surface area contributed by atoms with Crippen molar-refractivity contribution in [2.45, 2.75) is 200 Å². The number of nitrogens with two attached hydrogens (primary N) is 1. The number of esters is 2. The van der Waals surface area contributed by atoms with Crippen molar-refractivity contribution in [2.75, 3.05) is 32.9 Å². The van der Waals surface area contributed by atoms with Gasteiger partial charge in [-0.15, -0.1) is 0 Å². The summed E-state index contributed by atoms with van der Waals surface area (Å²) in [5, 5.41) is 9.36. The molecule has 0 unspecified atom stereocenters. The van der Waals surface area contributed by atoms with E-state index in [0.717, 1.165) is 51.4 Å². The van der Waals surface area contributed by atoms with Gasteiger partial charge in [-0.25, -0.2) is 0 Å². The zero-order chi connectivity index (χ0) is 37.5. The van der Waals surface area contributed by atoms with E-state index in [1.54, 1.807) is 0 Å². The van der Waals surface area contributed by atoms with Crippen molar-refractivity contribution >= 4 is 17.8 Å². The van der Waals surface area contributed by atoms with E-state index in [0.29, 0.717) is 12.8 Å². The Morgan fingerprint density at radius 1 is 0.529 bits per heavy atom. The monoisotopic (exact) mass is 721 g/mol. The number of hydrogen-bond donors (Lipinski definition) is 2. The SMILES string of the molecule is CCCCCCCC/C=C\CCCCCCCC(=O)OCCN(CCOC(=O)CCCCCCC/C=C\CCCCCCCC)C(=O)[C@@H](N)CO. The van der Waals surface area contributed by atoms with E-state index in [4.69, 9.17) is 15.2 Å². The maximum atomic E-state index is 12.6. The van der Waals surface area contributed by atoms with Crippen molar-refractivity contribution in [3.05, 3.63) is 24.3 Å². The van der Waals surface area contributed by atoms with Gasteiger partial charge in [0, 0.05) is 12.8 Å². The fourth-order valence-corrected chi connectivity index (χ4v) is 6.01. The fraction of sp³-hybridized carbons (Fsp3) is 0.837. The van der Waals surface area contributed by atoms with Crippen LogP contribution in [0.1, 0.15) is 194 Å². The van der Waals surface area contributed by atoms with Crippen LogP contribution < -0.4 is 5.73 Å². The number of carbonyl (C=O) groups excluding carboxylic acids is 3. The lowest BCUT2D eigenvalue weighted by molar-refractivity contribution is -0.148. The summed E-state index contributed by atoms with van der Waals surface area (Å²) in [5.74, 6) is -1.02. The first kappa shape index (κ1) is 48.8. The first-order chi connectivity index (χ1) is 25.0. The van der Waals surface area contributed by atoms with Crippen LogP contribution >= 0.6 is 0 Å². The first-order valence-corrected chi connectivity index (χ1v) is 21.2. The van der Waals surface area contributed by atoms with Gasteiger partial charge in [0.25, 0.3) is 0 Å². The van der Waals surface area contributed by atoms with Crippen molar-refractivity contribution < 1.29 is 29.0 Å². The molecular formula is C43H80N2O6. The number of unbranched alkanes of at least 4 members (excludes halogenated alkanes) is 22. The summed E-state index contributed by atoms with van der Waals surface area (Å²) >= 11 is 0. The standard InChI is InChI=1S/C43H80N2O6/c1-3-5-7-9-11-13-15-17-19-21-23-25-27-29-31-33-41(47)50-37-35-45(43(49)40(44)39-46)36-38-51-42(48)34-32-30-28-26-24-22-20-18-16-14-12-10-8-6-4-2/h17-20,40,46H,3-16,21-39,44H2,1-2H3/b19-17-,20-18-/t40-/m0/s1. The van der Waals surface area contributed by atoms with Crippen LogP contribution in [0.15, 0.2) is 24.3 Å². The van der Waals surface area contributed by atoms with Crippen molar-refractivity contribution in [1.29, 1.82) is 0 Å². The molecule has 0 aromatic rings. The normalized spacial score (nSPS) is 12.2. The smallest absolute Gasteiger partial charge is 0.305 e. The molecule has 0 saturated heterocycles. The molecular weight excluding hydrogens is 640 g/mol. The molecule has 0 spiro atoms. The molecule has 8 nitrogen and oxygen atoms in total. The zero-order valence-corrected chi connectivity index (χ0v) is 33.2. The third-order valence-corrected chi connectivity index (χ3v) is 9.36. The number of hydrogen-bond acceptors (Lipinski definition) is 7. The Labute approximate surface area is 313 Å². The molecule has 3 N–H and O–H groups in total. The molecule has 1 atom stereocenters. The molecule has 0 aromatic heterocycles. The minimum Gasteiger partial charge on any atom is -0.464 e. The van der Waals surface area contributed by atoms with Crippen LogP contribution in [-0.4, -0.2) is 66.8 Å². The van der Waals surface area contributed by atoms with Crippen molar-refractivity contribution in [3.8, 4) is 0 Å². The van der Waals surface area contributed by atoms with Gasteiger partial charge < -0.3 is 25.2 Å². The van der Waals surface area contributed by atoms with E-state index >= 15 is 0 Å². The highest BCUT2D eigenvalue weighted by Gasteiger charge is 2.21. The van der Waals surface area contributed by atoms with Gasteiger partial charge in [-0.3, -0.25) is 14.4 Å². The van der Waals surface area contributed by atoms with Crippen LogP contribution in [0.2, 0.25) is 0 Å². The maximum absolute atomic E-state index is 12.6. The van der Waals surface area contributed by atoms with Crippen molar-refractivity contribution in [1.82, 2.24) is 4.90 Å². The van der Waals surface area contributed by atoms with Gasteiger partial charge in [-0.2, -0.15) is 0 Å². The Morgan fingerprint density at radius 3 is 1.18 bits per heavy atom. The van der Waals surface area contributed by atoms with Gasteiger partial charge in [0.2, 0.25) is 5.91 Å². The van der Waals surface area contributed by atoms with Crippen molar-refractivity contribution in [3.63, 3.8) is 0 Å². The Kier molecular flexibility index (Phi) is 37.4. The third-order valence-electron chi connectivity index (χ3n) is 9.36. The number of aliphatic hydroxyl groups excluding tert-OH is 1. The van der Waals surface area contributed by atoms with E-state index in [1.165, 1.54) is 120 Å². The molecule has 0 radical (unpaired) electrons. The number of ether oxygens (including phenoxy) is 2. The van der Waals surface area contributed by atoms with Crippen LogP contribution in [0.25, 0.3) is 0 Å². The minimum absolute atomic E-state index is 0.0384. The summed E-state index contributed by atoms with van der Waals surface area (Å²) in [6.07, 6.45) is 41.2. The van der Waals surface area contributed by atoms with Gasteiger partial charge >= 0.3 is 11.9 Å². The van der Waals surface area contributed by atoms with E-state index < -0.39 is 18.6 Å². The lowest BCUT2D eigenvalue weighted by atomic mass is 10.1. The molecule has 298 valence electrons. The minimum atomic E-state index is -1.07. The zero-order valence-electron chi connectivity index (χ0n) is 33.2. The molecule has 1 amide bonds. The Hall–Kier alpha value is -2.19. The number of nitrogens with zero attached hydrogens (tertiary/aromatic N) is 1. The molecule has 51 heavy (non-hydrogen) atoms. The molecule has 0 bridgehead atoms.